The zero-order chi connectivity index (χ0) is 11.3. The van der Waals surface area contributed by atoms with Crippen LogP contribution in [0.15, 0.2) is 28.7 Å². The summed E-state index contributed by atoms with van der Waals surface area (Å²) < 4.78 is 1.18. The van der Waals surface area contributed by atoms with E-state index < -0.39 is 0 Å². The van der Waals surface area contributed by atoms with Crippen LogP contribution in [0.1, 0.15) is 32.3 Å². The fraction of sp³-hybridized carbons (Fsp3) is 0.538. The van der Waals surface area contributed by atoms with Crippen LogP contribution in [0.2, 0.25) is 0 Å². The van der Waals surface area contributed by atoms with E-state index in [1.807, 2.05) is 0 Å². The van der Waals surface area contributed by atoms with Crippen molar-refractivity contribution in [2.24, 2.45) is 5.92 Å². The summed E-state index contributed by atoms with van der Waals surface area (Å²) in [7, 11) is 0. The molecule has 0 amide bonds. The molecule has 0 aromatic heterocycles. The highest BCUT2D eigenvalue weighted by Crippen LogP contribution is 2.20. The first-order chi connectivity index (χ1) is 7.09. The van der Waals surface area contributed by atoms with Crippen LogP contribution in [-0.2, 0) is 6.42 Å². The summed E-state index contributed by atoms with van der Waals surface area (Å²) in [5, 5.41) is 0. The molecule has 0 spiro atoms. The van der Waals surface area contributed by atoms with Gasteiger partial charge in [0.1, 0.15) is 0 Å². The highest BCUT2D eigenvalue weighted by molar-refractivity contribution is 9.10. The summed E-state index contributed by atoms with van der Waals surface area (Å²) in [6, 6.07) is 8.58. The molecule has 0 nitrogen and oxygen atoms in total. The summed E-state index contributed by atoms with van der Waals surface area (Å²) in [5.74, 6) is 0.729. The summed E-state index contributed by atoms with van der Waals surface area (Å²) in [6.07, 6.45) is 3.68. The first-order valence-electron chi connectivity index (χ1n) is 5.48. The second-order valence-electron chi connectivity index (χ2n) is 4.28. The maximum Gasteiger partial charge on any atom is 0.0177 e. The Bertz CT molecular complexity index is 294. The highest BCUT2D eigenvalue weighted by atomic mass is 79.9. The second kappa shape index (κ2) is 6.70. The van der Waals surface area contributed by atoms with E-state index in [9.17, 15) is 0 Å². The van der Waals surface area contributed by atoms with Gasteiger partial charge in [-0.05, 0) is 42.9 Å². The van der Waals surface area contributed by atoms with E-state index in [1.165, 1.54) is 29.3 Å². The Morgan fingerprint density at radius 3 is 2.60 bits per heavy atom. The molecule has 2 heteroatoms. The quantitative estimate of drug-likeness (QED) is 0.650. The van der Waals surface area contributed by atoms with Gasteiger partial charge in [-0.25, -0.2) is 0 Å². The maximum atomic E-state index is 3.72. The summed E-state index contributed by atoms with van der Waals surface area (Å²) in [5.41, 5.74) is 1.42. The Labute approximate surface area is 110 Å². The van der Waals surface area contributed by atoms with Crippen LogP contribution in [0.5, 0.6) is 0 Å². The molecule has 84 valence electrons. The van der Waals surface area contributed by atoms with Gasteiger partial charge in [0.25, 0.3) is 0 Å². The number of aryl methyl sites for hydroxylation is 1. The van der Waals surface area contributed by atoms with Gasteiger partial charge in [0.15, 0.2) is 0 Å². The number of hydrogen-bond acceptors (Lipinski definition) is 0. The molecule has 0 saturated heterocycles. The number of alkyl halides is 1. The van der Waals surface area contributed by atoms with Gasteiger partial charge in [0.05, 0.1) is 0 Å². The molecule has 0 saturated carbocycles. The van der Waals surface area contributed by atoms with E-state index >= 15 is 0 Å². The molecule has 0 aliphatic heterocycles. The van der Waals surface area contributed by atoms with Gasteiger partial charge >= 0.3 is 0 Å². The minimum atomic E-state index is 0.657. The monoisotopic (exact) mass is 332 g/mol. The number of rotatable bonds is 5. The molecule has 0 radical (unpaired) electrons. The van der Waals surface area contributed by atoms with Crippen molar-refractivity contribution in [3.63, 3.8) is 0 Å². The summed E-state index contributed by atoms with van der Waals surface area (Å²) >= 11 is 7.22. The lowest BCUT2D eigenvalue weighted by molar-refractivity contribution is 0.562. The van der Waals surface area contributed by atoms with Crippen molar-refractivity contribution in [1.29, 1.82) is 0 Å². The standard InChI is InChI=1S/C13H18Br2/c1-10(2)13(15)8-4-6-11-5-3-7-12(14)9-11/h3,5,7,9-10,13H,4,6,8H2,1-2H3. The van der Waals surface area contributed by atoms with Crippen molar-refractivity contribution in [2.45, 2.75) is 37.9 Å². The van der Waals surface area contributed by atoms with Crippen LogP contribution in [0.4, 0.5) is 0 Å². The van der Waals surface area contributed by atoms with E-state index in [-0.39, 0.29) is 0 Å². The van der Waals surface area contributed by atoms with Gasteiger partial charge in [-0.15, -0.1) is 0 Å². The van der Waals surface area contributed by atoms with E-state index in [1.54, 1.807) is 0 Å². The molecular weight excluding hydrogens is 316 g/mol. The van der Waals surface area contributed by atoms with Gasteiger partial charge < -0.3 is 0 Å². The predicted molar refractivity (Wildman–Crippen MR) is 74.6 cm³/mol. The van der Waals surface area contributed by atoms with Gasteiger partial charge in [-0.1, -0.05) is 57.8 Å². The van der Waals surface area contributed by atoms with Crippen LogP contribution in [0, 0.1) is 5.92 Å². The highest BCUT2D eigenvalue weighted by Gasteiger charge is 2.08. The predicted octanol–water partition coefficient (Wildman–Crippen LogP) is 5.19. The van der Waals surface area contributed by atoms with Crippen LogP contribution < -0.4 is 0 Å². The van der Waals surface area contributed by atoms with Crippen LogP contribution in [0.25, 0.3) is 0 Å². The Morgan fingerprint density at radius 2 is 2.00 bits per heavy atom. The van der Waals surface area contributed by atoms with Gasteiger partial charge in [0.2, 0.25) is 0 Å². The van der Waals surface area contributed by atoms with Crippen molar-refractivity contribution < 1.29 is 0 Å². The zero-order valence-corrected chi connectivity index (χ0v) is 12.5. The van der Waals surface area contributed by atoms with E-state index in [4.69, 9.17) is 0 Å². The molecule has 0 aliphatic rings. The third-order valence-corrected chi connectivity index (χ3v) is 4.57. The van der Waals surface area contributed by atoms with Crippen LogP contribution >= 0.6 is 31.9 Å². The van der Waals surface area contributed by atoms with E-state index in [0.29, 0.717) is 4.83 Å². The summed E-state index contributed by atoms with van der Waals surface area (Å²) in [6.45, 7) is 4.52. The third kappa shape index (κ3) is 5.17. The Morgan fingerprint density at radius 1 is 1.27 bits per heavy atom. The number of benzene rings is 1. The molecule has 15 heavy (non-hydrogen) atoms. The fourth-order valence-electron chi connectivity index (χ4n) is 1.53. The van der Waals surface area contributed by atoms with Crippen molar-refractivity contribution in [3.05, 3.63) is 34.3 Å². The minimum Gasteiger partial charge on any atom is -0.0888 e. The molecular formula is C13H18Br2. The number of hydrogen-bond donors (Lipinski definition) is 0. The number of halogens is 2. The minimum absolute atomic E-state index is 0.657. The Balaban J connectivity index is 2.32. The average molecular weight is 334 g/mol. The molecule has 1 aromatic rings. The SMILES string of the molecule is CC(C)C(Br)CCCc1cccc(Br)c1. The second-order valence-corrected chi connectivity index (χ2v) is 6.37. The Kier molecular flexibility index (Phi) is 5.91. The summed E-state index contributed by atoms with van der Waals surface area (Å²) in [4.78, 5) is 0.657. The average Bonchev–Trinajstić information content (AvgIpc) is 2.17. The van der Waals surface area contributed by atoms with Crippen molar-refractivity contribution in [1.82, 2.24) is 0 Å². The fourth-order valence-corrected chi connectivity index (χ4v) is 2.30. The first kappa shape index (κ1) is 13.2. The molecule has 0 N–H and O–H groups in total. The van der Waals surface area contributed by atoms with Gasteiger partial charge in [-0.2, -0.15) is 0 Å². The lowest BCUT2D eigenvalue weighted by Gasteiger charge is -2.13. The van der Waals surface area contributed by atoms with Gasteiger partial charge in [-0.3, -0.25) is 0 Å². The maximum absolute atomic E-state index is 3.72. The zero-order valence-electron chi connectivity index (χ0n) is 9.34. The normalized spacial score (nSPS) is 13.1. The third-order valence-electron chi connectivity index (χ3n) is 2.56. The lowest BCUT2D eigenvalue weighted by atomic mass is 10.0. The molecule has 1 aromatic carbocycles. The Hall–Kier alpha value is 0.180. The smallest absolute Gasteiger partial charge is 0.0177 e. The topological polar surface area (TPSA) is 0 Å². The van der Waals surface area contributed by atoms with Crippen LogP contribution in [-0.4, -0.2) is 4.83 Å². The molecule has 0 bridgehead atoms. The molecule has 1 rings (SSSR count). The first-order valence-corrected chi connectivity index (χ1v) is 7.19. The largest absolute Gasteiger partial charge is 0.0888 e. The molecule has 1 atom stereocenters. The molecule has 0 fully saturated rings. The van der Waals surface area contributed by atoms with Gasteiger partial charge in [0, 0.05) is 9.30 Å². The molecule has 1 unspecified atom stereocenters. The van der Waals surface area contributed by atoms with E-state index in [2.05, 4.69) is 70.0 Å². The molecule has 0 heterocycles. The molecule has 0 aliphatic carbocycles. The lowest BCUT2D eigenvalue weighted by Crippen LogP contribution is -2.07. The van der Waals surface area contributed by atoms with Crippen LogP contribution in [0.3, 0.4) is 0 Å². The van der Waals surface area contributed by atoms with Crippen molar-refractivity contribution in [2.75, 3.05) is 0 Å². The van der Waals surface area contributed by atoms with E-state index in [0.717, 1.165) is 5.92 Å². The van der Waals surface area contributed by atoms with Crippen molar-refractivity contribution in [3.8, 4) is 0 Å². The van der Waals surface area contributed by atoms with Crippen molar-refractivity contribution >= 4 is 31.9 Å².